The maximum atomic E-state index is 11.8. The SMILES string of the molecule is Cc1nnc(NC(=O)C2=NNC(=O)CC2)nc1C. The fourth-order valence-electron chi connectivity index (χ4n) is 1.32. The largest absolute Gasteiger partial charge is 0.288 e. The van der Waals surface area contributed by atoms with Crippen LogP contribution < -0.4 is 10.7 Å². The molecule has 0 aliphatic carbocycles. The van der Waals surface area contributed by atoms with Gasteiger partial charge in [0, 0.05) is 12.8 Å². The summed E-state index contributed by atoms with van der Waals surface area (Å²) in [5, 5.41) is 13.8. The fraction of sp³-hybridized carbons (Fsp3) is 0.400. The summed E-state index contributed by atoms with van der Waals surface area (Å²) in [7, 11) is 0. The van der Waals surface area contributed by atoms with Gasteiger partial charge < -0.3 is 0 Å². The molecule has 1 aromatic rings. The van der Waals surface area contributed by atoms with E-state index < -0.39 is 5.91 Å². The molecule has 2 amide bonds. The number of hydrazone groups is 1. The molecule has 94 valence electrons. The van der Waals surface area contributed by atoms with Crippen molar-refractivity contribution in [3.8, 4) is 0 Å². The van der Waals surface area contributed by atoms with E-state index in [1.807, 2.05) is 0 Å². The molecule has 1 aromatic heterocycles. The summed E-state index contributed by atoms with van der Waals surface area (Å²) in [5.41, 5.74) is 3.90. The lowest BCUT2D eigenvalue weighted by Crippen LogP contribution is -2.33. The molecule has 0 spiro atoms. The van der Waals surface area contributed by atoms with E-state index in [4.69, 9.17) is 0 Å². The first-order chi connectivity index (χ1) is 8.56. The standard InChI is InChI=1S/C10H12N6O2/c1-5-6(2)13-16-10(11-5)12-9(18)7-3-4-8(17)15-14-7/h3-4H2,1-2H3,(H,15,17)(H,11,12,16,18). The van der Waals surface area contributed by atoms with Gasteiger partial charge in [0.15, 0.2) is 0 Å². The van der Waals surface area contributed by atoms with E-state index in [-0.39, 0.29) is 24.0 Å². The topological polar surface area (TPSA) is 109 Å². The Morgan fingerprint density at radius 2 is 2.00 bits per heavy atom. The smallest absolute Gasteiger partial charge is 0.274 e. The van der Waals surface area contributed by atoms with Crippen LogP contribution >= 0.6 is 0 Å². The van der Waals surface area contributed by atoms with E-state index in [2.05, 4.69) is 31.0 Å². The third-order valence-corrected chi connectivity index (χ3v) is 2.48. The molecule has 1 aliphatic rings. The lowest BCUT2D eigenvalue weighted by molar-refractivity contribution is -0.121. The molecule has 8 heteroatoms. The molecule has 0 saturated carbocycles. The predicted molar refractivity (Wildman–Crippen MR) is 62.7 cm³/mol. The van der Waals surface area contributed by atoms with Crippen LogP contribution in [0.15, 0.2) is 5.10 Å². The van der Waals surface area contributed by atoms with Gasteiger partial charge in [-0.25, -0.2) is 10.4 Å². The Morgan fingerprint density at radius 1 is 1.22 bits per heavy atom. The summed E-state index contributed by atoms with van der Waals surface area (Å²) in [6.07, 6.45) is 0.550. The van der Waals surface area contributed by atoms with E-state index in [1.54, 1.807) is 13.8 Å². The molecule has 18 heavy (non-hydrogen) atoms. The van der Waals surface area contributed by atoms with Crippen molar-refractivity contribution in [3.05, 3.63) is 11.4 Å². The van der Waals surface area contributed by atoms with E-state index in [1.165, 1.54) is 0 Å². The Bertz CT molecular complexity index is 539. The van der Waals surface area contributed by atoms with Gasteiger partial charge in [-0.15, -0.1) is 5.10 Å². The van der Waals surface area contributed by atoms with E-state index in [0.717, 1.165) is 0 Å². The third kappa shape index (κ3) is 2.65. The number of aryl methyl sites for hydroxylation is 2. The number of nitrogens with zero attached hydrogens (tertiary/aromatic N) is 4. The summed E-state index contributed by atoms with van der Waals surface area (Å²) in [6.45, 7) is 3.56. The first-order valence-corrected chi connectivity index (χ1v) is 5.41. The van der Waals surface area contributed by atoms with Gasteiger partial charge in [0.05, 0.1) is 11.4 Å². The average Bonchev–Trinajstić information content (AvgIpc) is 2.34. The molecular weight excluding hydrogens is 236 g/mol. The van der Waals surface area contributed by atoms with Crippen LogP contribution in [0, 0.1) is 13.8 Å². The second-order valence-electron chi connectivity index (χ2n) is 3.85. The highest BCUT2D eigenvalue weighted by Gasteiger charge is 2.19. The van der Waals surface area contributed by atoms with Crippen molar-refractivity contribution in [1.29, 1.82) is 0 Å². The van der Waals surface area contributed by atoms with Gasteiger partial charge in [-0.3, -0.25) is 14.9 Å². The van der Waals surface area contributed by atoms with Gasteiger partial charge >= 0.3 is 0 Å². The Labute approximate surface area is 103 Å². The van der Waals surface area contributed by atoms with Crippen molar-refractivity contribution in [3.63, 3.8) is 0 Å². The van der Waals surface area contributed by atoms with Crippen molar-refractivity contribution >= 4 is 23.5 Å². The van der Waals surface area contributed by atoms with Crippen LogP contribution in [0.1, 0.15) is 24.2 Å². The lowest BCUT2D eigenvalue weighted by atomic mass is 10.2. The maximum absolute atomic E-state index is 11.8. The Balaban J connectivity index is 2.07. The number of aromatic nitrogens is 3. The summed E-state index contributed by atoms with van der Waals surface area (Å²) in [5.74, 6) is -0.501. The number of rotatable bonds is 2. The van der Waals surface area contributed by atoms with E-state index in [9.17, 15) is 9.59 Å². The quantitative estimate of drug-likeness (QED) is 0.746. The molecule has 2 N–H and O–H groups in total. The summed E-state index contributed by atoms with van der Waals surface area (Å²) < 4.78 is 0. The second kappa shape index (κ2) is 4.86. The van der Waals surface area contributed by atoms with Crippen LogP contribution in [-0.4, -0.2) is 32.7 Å². The monoisotopic (exact) mass is 248 g/mol. The van der Waals surface area contributed by atoms with Crippen LogP contribution in [0.3, 0.4) is 0 Å². The molecule has 8 nitrogen and oxygen atoms in total. The van der Waals surface area contributed by atoms with Crippen molar-refractivity contribution < 1.29 is 9.59 Å². The van der Waals surface area contributed by atoms with Crippen LogP contribution in [0.2, 0.25) is 0 Å². The lowest BCUT2D eigenvalue weighted by Gasteiger charge is -2.11. The first kappa shape index (κ1) is 12.1. The highest BCUT2D eigenvalue weighted by molar-refractivity contribution is 6.43. The number of anilines is 1. The average molecular weight is 248 g/mol. The zero-order valence-electron chi connectivity index (χ0n) is 10.0. The fourth-order valence-corrected chi connectivity index (χ4v) is 1.32. The van der Waals surface area contributed by atoms with Gasteiger partial charge in [-0.05, 0) is 13.8 Å². The zero-order valence-corrected chi connectivity index (χ0v) is 10.0. The van der Waals surface area contributed by atoms with Crippen molar-refractivity contribution in [2.45, 2.75) is 26.7 Å². The van der Waals surface area contributed by atoms with Crippen LogP contribution in [0.25, 0.3) is 0 Å². The number of amides is 2. The molecule has 0 fully saturated rings. The van der Waals surface area contributed by atoms with E-state index in [0.29, 0.717) is 17.8 Å². The number of hydrogen-bond acceptors (Lipinski definition) is 6. The molecule has 0 bridgehead atoms. The normalized spacial score (nSPS) is 14.8. The van der Waals surface area contributed by atoms with Crippen molar-refractivity contribution in [1.82, 2.24) is 20.6 Å². The van der Waals surface area contributed by atoms with Crippen LogP contribution in [0.5, 0.6) is 0 Å². The minimum atomic E-state index is -0.431. The molecule has 1 aliphatic heterocycles. The maximum Gasteiger partial charge on any atom is 0.274 e. The highest BCUT2D eigenvalue weighted by Crippen LogP contribution is 2.05. The molecule has 0 unspecified atom stereocenters. The van der Waals surface area contributed by atoms with E-state index >= 15 is 0 Å². The summed E-state index contributed by atoms with van der Waals surface area (Å²) in [4.78, 5) is 26.7. The summed E-state index contributed by atoms with van der Waals surface area (Å²) >= 11 is 0. The molecular formula is C10H12N6O2. The Kier molecular flexibility index (Phi) is 3.26. The third-order valence-electron chi connectivity index (χ3n) is 2.48. The number of hydrogen-bond donors (Lipinski definition) is 2. The number of carbonyl (C=O) groups excluding carboxylic acids is 2. The molecule has 0 atom stereocenters. The minimum absolute atomic E-state index is 0.128. The molecule has 2 heterocycles. The van der Waals surface area contributed by atoms with Crippen LogP contribution in [-0.2, 0) is 9.59 Å². The van der Waals surface area contributed by atoms with Gasteiger partial charge in [-0.2, -0.15) is 10.2 Å². The number of nitrogens with one attached hydrogen (secondary N) is 2. The number of carbonyl (C=O) groups is 2. The Morgan fingerprint density at radius 3 is 2.61 bits per heavy atom. The van der Waals surface area contributed by atoms with Gasteiger partial charge in [0.1, 0.15) is 5.71 Å². The molecule has 0 saturated heterocycles. The highest BCUT2D eigenvalue weighted by atomic mass is 16.2. The van der Waals surface area contributed by atoms with Crippen molar-refractivity contribution in [2.75, 3.05) is 5.32 Å². The first-order valence-electron chi connectivity index (χ1n) is 5.41. The van der Waals surface area contributed by atoms with Gasteiger partial charge in [0.2, 0.25) is 11.9 Å². The molecule has 0 aromatic carbocycles. The molecule has 2 rings (SSSR count). The van der Waals surface area contributed by atoms with Gasteiger partial charge in [-0.1, -0.05) is 0 Å². The second-order valence-corrected chi connectivity index (χ2v) is 3.85. The zero-order chi connectivity index (χ0) is 13.1. The molecule has 0 radical (unpaired) electrons. The van der Waals surface area contributed by atoms with Crippen molar-refractivity contribution in [2.24, 2.45) is 5.10 Å². The Hall–Kier alpha value is -2.38. The minimum Gasteiger partial charge on any atom is -0.288 e. The summed E-state index contributed by atoms with van der Waals surface area (Å²) in [6, 6.07) is 0. The predicted octanol–water partition coefficient (Wildman–Crippen LogP) is -0.307. The van der Waals surface area contributed by atoms with Crippen LogP contribution in [0.4, 0.5) is 5.95 Å². The van der Waals surface area contributed by atoms with Gasteiger partial charge in [0.25, 0.3) is 5.91 Å².